The van der Waals surface area contributed by atoms with E-state index in [-0.39, 0.29) is 24.0 Å². The summed E-state index contributed by atoms with van der Waals surface area (Å²) in [4.78, 5) is 4.28. The van der Waals surface area contributed by atoms with Crippen LogP contribution in [0, 0.1) is 5.92 Å². The normalized spacial score (nSPS) is 14.0. The lowest BCUT2D eigenvalue weighted by atomic mass is 10.0. The van der Waals surface area contributed by atoms with Crippen LogP contribution in [0.25, 0.3) is 0 Å². The van der Waals surface area contributed by atoms with E-state index in [1.807, 2.05) is 13.1 Å². The average molecular weight is 418 g/mol. The number of halogens is 1. The van der Waals surface area contributed by atoms with Crippen molar-refractivity contribution in [3.63, 3.8) is 0 Å². The summed E-state index contributed by atoms with van der Waals surface area (Å²) in [6, 6.07) is 11.1. The molecule has 1 aromatic carbocycles. The standard InChI is InChI=1S/C17H30N4.HI/c1-6-14(4)20-17(18-5)19-12-16(13(2)3)21-15-10-8-7-9-11-15;/h7-11,13-14,16,21H,6,12H2,1-5H3,(H2,18,19,20);1H. The molecule has 5 heteroatoms. The number of hydrogen-bond acceptors (Lipinski definition) is 2. The summed E-state index contributed by atoms with van der Waals surface area (Å²) in [6.45, 7) is 9.62. The Morgan fingerprint density at radius 1 is 1.14 bits per heavy atom. The Labute approximate surface area is 152 Å². The van der Waals surface area contributed by atoms with Crippen molar-refractivity contribution in [1.29, 1.82) is 0 Å². The topological polar surface area (TPSA) is 48.5 Å². The van der Waals surface area contributed by atoms with Crippen molar-refractivity contribution in [2.24, 2.45) is 10.9 Å². The van der Waals surface area contributed by atoms with Gasteiger partial charge in [0.1, 0.15) is 0 Å². The first kappa shape index (κ1) is 21.0. The molecular formula is C17H31IN4. The molecule has 1 aromatic rings. The van der Waals surface area contributed by atoms with Gasteiger partial charge in [0, 0.05) is 31.4 Å². The van der Waals surface area contributed by atoms with Gasteiger partial charge < -0.3 is 16.0 Å². The molecule has 0 aromatic heterocycles. The van der Waals surface area contributed by atoms with Crippen LogP contribution in [0.3, 0.4) is 0 Å². The Balaban J connectivity index is 0.00000441. The highest BCUT2D eigenvalue weighted by Gasteiger charge is 2.14. The predicted molar refractivity (Wildman–Crippen MR) is 108 cm³/mol. The molecule has 0 bridgehead atoms. The number of anilines is 1. The smallest absolute Gasteiger partial charge is 0.191 e. The van der Waals surface area contributed by atoms with E-state index in [0.29, 0.717) is 18.0 Å². The van der Waals surface area contributed by atoms with Crippen LogP contribution in [0.5, 0.6) is 0 Å². The first-order valence-electron chi connectivity index (χ1n) is 7.85. The number of hydrogen-bond donors (Lipinski definition) is 3. The van der Waals surface area contributed by atoms with E-state index in [1.165, 1.54) is 0 Å². The summed E-state index contributed by atoms with van der Waals surface area (Å²) in [5, 5.41) is 10.4. The van der Waals surface area contributed by atoms with E-state index in [0.717, 1.165) is 24.6 Å². The monoisotopic (exact) mass is 418 g/mol. The van der Waals surface area contributed by atoms with Crippen LogP contribution in [0.15, 0.2) is 35.3 Å². The molecule has 126 valence electrons. The number of guanidine groups is 1. The van der Waals surface area contributed by atoms with Gasteiger partial charge in [-0.15, -0.1) is 24.0 Å². The number of nitrogens with one attached hydrogen (secondary N) is 3. The predicted octanol–water partition coefficient (Wildman–Crippen LogP) is 3.70. The number of para-hydroxylation sites is 1. The van der Waals surface area contributed by atoms with Gasteiger partial charge in [-0.2, -0.15) is 0 Å². The van der Waals surface area contributed by atoms with Gasteiger partial charge in [0.15, 0.2) is 5.96 Å². The molecular weight excluding hydrogens is 387 g/mol. The van der Waals surface area contributed by atoms with Crippen LogP contribution in [-0.2, 0) is 0 Å². The van der Waals surface area contributed by atoms with Crippen molar-refractivity contribution in [2.45, 2.75) is 46.2 Å². The summed E-state index contributed by atoms with van der Waals surface area (Å²) in [6.07, 6.45) is 1.08. The minimum Gasteiger partial charge on any atom is -0.380 e. The molecule has 0 saturated heterocycles. The summed E-state index contributed by atoms with van der Waals surface area (Å²) >= 11 is 0. The highest BCUT2D eigenvalue weighted by atomic mass is 127. The van der Waals surface area contributed by atoms with Crippen LogP contribution < -0.4 is 16.0 Å². The zero-order chi connectivity index (χ0) is 15.7. The van der Waals surface area contributed by atoms with Crippen LogP contribution in [0.2, 0.25) is 0 Å². The zero-order valence-corrected chi connectivity index (χ0v) is 16.7. The average Bonchev–Trinajstić information content (AvgIpc) is 2.50. The Hall–Kier alpha value is -0.980. The Morgan fingerprint density at radius 2 is 1.77 bits per heavy atom. The van der Waals surface area contributed by atoms with Crippen molar-refractivity contribution in [3.05, 3.63) is 30.3 Å². The Bertz CT molecular complexity index is 420. The number of benzene rings is 1. The molecule has 2 unspecified atom stereocenters. The van der Waals surface area contributed by atoms with Gasteiger partial charge in [-0.1, -0.05) is 39.0 Å². The number of rotatable bonds is 7. The van der Waals surface area contributed by atoms with Gasteiger partial charge >= 0.3 is 0 Å². The van der Waals surface area contributed by atoms with Gasteiger partial charge in [0.25, 0.3) is 0 Å². The molecule has 0 fully saturated rings. The van der Waals surface area contributed by atoms with Gasteiger partial charge in [-0.3, -0.25) is 4.99 Å². The highest BCUT2D eigenvalue weighted by Crippen LogP contribution is 2.11. The van der Waals surface area contributed by atoms with Gasteiger partial charge in [0.2, 0.25) is 0 Å². The van der Waals surface area contributed by atoms with Crippen LogP contribution in [0.4, 0.5) is 5.69 Å². The summed E-state index contributed by atoms with van der Waals surface area (Å²) < 4.78 is 0. The minimum atomic E-state index is 0. The second-order valence-electron chi connectivity index (χ2n) is 5.77. The zero-order valence-electron chi connectivity index (χ0n) is 14.4. The van der Waals surface area contributed by atoms with Crippen molar-refractivity contribution in [2.75, 3.05) is 18.9 Å². The second-order valence-corrected chi connectivity index (χ2v) is 5.77. The third-order valence-corrected chi connectivity index (χ3v) is 3.64. The fourth-order valence-corrected chi connectivity index (χ4v) is 1.94. The molecule has 0 amide bonds. The van der Waals surface area contributed by atoms with E-state index >= 15 is 0 Å². The molecule has 22 heavy (non-hydrogen) atoms. The third-order valence-electron chi connectivity index (χ3n) is 3.64. The van der Waals surface area contributed by atoms with Crippen LogP contribution in [-0.4, -0.2) is 31.6 Å². The number of aliphatic imine (C=N–C) groups is 1. The Kier molecular flexibility index (Phi) is 11.1. The lowest BCUT2D eigenvalue weighted by Crippen LogP contribution is -2.47. The van der Waals surface area contributed by atoms with Gasteiger partial charge in [-0.25, -0.2) is 0 Å². The number of nitrogens with zero attached hydrogens (tertiary/aromatic N) is 1. The second kappa shape index (κ2) is 11.6. The van der Waals surface area contributed by atoms with Crippen LogP contribution >= 0.6 is 24.0 Å². The summed E-state index contributed by atoms with van der Waals surface area (Å²) in [5.41, 5.74) is 1.16. The maximum atomic E-state index is 4.28. The van der Waals surface area contributed by atoms with Crippen molar-refractivity contribution < 1.29 is 0 Å². The van der Waals surface area contributed by atoms with E-state index in [9.17, 15) is 0 Å². The Morgan fingerprint density at radius 3 is 2.27 bits per heavy atom. The maximum absolute atomic E-state index is 4.28. The minimum absolute atomic E-state index is 0. The lowest BCUT2D eigenvalue weighted by Gasteiger charge is -2.25. The van der Waals surface area contributed by atoms with Gasteiger partial charge in [0.05, 0.1) is 0 Å². The molecule has 0 aliphatic rings. The van der Waals surface area contributed by atoms with Crippen molar-refractivity contribution in [3.8, 4) is 0 Å². The van der Waals surface area contributed by atoms with E-state index < -0.39 is 0 Å². The maximum Gasteiger partial charge on any atom is 0.191 e. The van der Waals surface area contributed by atoms with Gasteiger partial charge in [-0.05, 0) is 31.4 Å². The van der Waals surface area contributed by atoms with Crippen molar-refractivity contribution in [1.82, 2.24) is 10.6 Å². The summed E-state index contributed by atoms with van der Waals surface area (Å²) in [7, 11) is 1.81. The quantitative estimate of drug-likeness (QED) is 0.360. The van der Waals surface area contributed by atoms with E-state index in [1.54, 1.807) is 0 Å². The fraction of sp³-hybridized carbons (Fsp3) is 0.588. The largest absolute Gasteiger partial charge is 0.380 e. The highest BCUT2D eigenvalue weighted by molar-refractivity contribution is 14.0. The molecule has 0 aliphatic heterocycles. The fourth-order valence-electron chi connectivity index (χ4n) is 1.94. The first-order valence-corrected chi connectivity index (χ1v) is 7.85. The molecule has 0 aliphatic carbocycles. The molecule has 2 atom stereocenters. The molecule has 3 N–H and O–H groups in total. The molecule has 0 saturated carbocycles. The van der Waals surface area contributed by atoms with Crippen molar-refractivity contribution >= 4 is 35.6 Å². The van der Waals surface area contributed by atoms with E-state index in [4.69, 9.17) is 0 Å². The first-order chi connectivity index (χ1) is 10.1. The molecule has 0 radical (unpaired) electrons. The molecule has 0 spiro atoms. The summed E-state index contributed by atoms with van der Waals surface area (Å²) in [5.74, 6) is 1.39. The molecule has 4 nitrogen and oxygen atoms in total. The lowest BCUT2D eigenvalue weighted by molar-refractivity contribution is 0.509. The van der Waals surface area contributed by atoms with E-state index in [2.05, 4.69) is 72.9 Å². The molecule has 1 rings (SSSR count). The van der Waals surface area contributed by atoms with Crippen LogP contribution in [0.1, 0.15) is 34.1 Å². The molecule has 0 heterocycles. The SMILES string of the molecule is CCC(C)NC(=NC)NCC(Nc1ccccc1)C(C)C.I. The third kappa shape index (κ3) is 7.87.